The molecule has 0 aliphatic rings. The number of aliphatic hydroxyl groups excluding tert-OH is 1. The lowest BCUT2D eigenvalue weighted by Gasteiger charge is -2.27. The predicted molar refractivity (Wildman–Crippen MR) is 59.5 cm³/mol. The van der Waals surface area contributed by atoms with E-state index in [9.17, 15) is 15.3 Å². The third-order valence-electron chi connectivity index (χ3n) is 2.51. The second kappa shape index (κ2) is 4.58. The number of rotatable bonds is 3. The lowest BCUT2D eigenvalue weighted by Crippen LogP contribution is -2.33. The molecule has 5 nitrogen and oxygen atoms in total. The summed E-state index contributed by atoms with van der Waals surface area (Å²) >= 11 is 0. The number of nitrogens with zero attached hydrogens (tertiary/aromatic N) is 2. The minimum absolute atomic E-state index is 0.178. The zero-order chi connectivity index (χ0) is 12.3. The summed E-state index contributed by atoms with van der Waals surface area (Å²) in [7, 11) is 0. The molecule has 0 aromatic carbocycles. The molecule has 2 heterocycles. The van der Waals surface area contributed by atoms with Crippen molar-refractivity contribution >= 4 is 0 Å². The molecule has 0 aliphatic heterocycles. The van der Waals surface area contributed by atoms with Gasteiger partial charge in [-0.05, 0) is 29.8 Å². The average Bonchev–Trinajstić information content (AvgIpc) is 2.40. The quantitative estimate of drug-likeness (QED) is 0.665. The van der Waals surface area contributed by atoms with E-state index in [1.54, 1.807) is 0 Å². The summed E-state index contributed by atoms with van der Waals surface area (Å²) in [4.78, 5) is 7.58. The first-order valence-corrected chi connectivity index (χ1v) is 5.05. The third kappa shape index (κ3) is 2.31. The Morgan fingerprint density at radius 1 is 0.882 bits per heavy atom. The highest BCUT2D eigenvalue weighted by atomic mass is 16.5. The first kappa shape index (κ1) is 11.7. The fourth-order valence-electron chi connectivity index (χ4n) is 1.53. The summed E-state index contributed by atoms with van der Waals surface area (Å²) in [6.45, 7) is 0. The topological polar surface area (TPSA) is 86.5 Å². The SMILES string of the molecule is O[C@@H](c1ccncc1)C(O)(O)c1ccncc1. The van der Waals surface area contributed by atoms with Crippen molar-refractivity contribution in [3.63, 3.8) is 0 Å². The number of pyridine rings is 2. The van der Waals surface area contributed by atoms with Crippen LogP contribution in [0.2, 0.25) is 0 Å². The van der Waals surface area contributed by atoms with Gasteiger partial charge in [0.2, 0.25) is 5.79 Å². The smallest absolute Gasteiger partial charge is 0.221 e. The molecule has 0 saturated heterocycles. The minimum atomic E-state index is -2.36. The maximum absolute atomic E-state index is 9.97. The van der Waals surface area contributed by atoms with Crippen molar-refractivity contribution in [2.45, 2.75) is 11.9 Å². The molecule has 1 atom stereocenters. The summed E-state index contributed by atoms with van der Waals surface area (Å²) in [6, 6.07) is 5.91. The number of hydrogen-bond donors (Lipinski definition) is 3. The highest BCUT2D eigenvalue weighted by Gasteiger charge is 2.36. The minimum Gasteiger partial charge on any atom is -0.382 e. The summed E-state index contributed by atoms with van der Waals surface area (Å²) in [6.07, 6.45) is 4.35. The highest BCUT2D eigenvalue weighted by molar-refractivity contribution is 5.23. The standard InChI is InChI=1S/C12H12N2O3/c15-11(9-1-5-13-6-2-9)12(16,17)10-3-7-14-8-4-10/h1-8,11,15-17H/t11-/m0/s1. The van der Waals surface area contributed by atoms with Crippen molar-refractivity contribution in [2.24, 2.45) is 0 Å². The van der Waals surface area contributed by atoms with Crippen LogP contribution in [0.3, 0.4) is 0 Å². The molecule has 5 heteroatoms. The molecule has 0 aliphatic carbocycles. The van der Waals surface area contributed by atoms with Crippen LogP contribution in [0.5, 0.6) is 0 Å². The molecule has 0 bridgehead atoms. The van der Waals surface area contributed by atoms with Crippen molar-refractivity contribution in [1.29, 1.82) is 0 Å². The lowest BCUT2D eigenvalue weighted by atomic mass is 9.96. The largest absolute Gasteiger partial charge is 0.382 e. The first-order chi connectivity index (χ1) is 8.12. The van der Waals surface area contributed by atoms with Gasteiger partial charge in [0.1, 0.15) is 6.10 Å². The molecular weight excluding hydrogens is 220 g/mol. The molecule has 0 spiro atoms. The van der Waals surface area contributed by atoms with Crippen LogP contribution in [-0.4, -0.2) is 25.3 Å². The van der Waals surface area contributed by atoms with E-state index < -0.39 is 11.9 Å². The number of hydrogen-bond acceptors (Lipinski definition) is 5. The van der Waals surface area contributed by atoms with Gasteiger partial charge in [0.15, 0.2) is 0 Å². The van der Waals surface area contributed by atoms with Crippen molar-refractivity contribution in [1.82, 2.24) is 9.97 Å². The van der Waals surface area contributed by atoms with E-state index in [4.69, 9.17) is 0 Å². The Hall–Kier alpha value is -1.82. The molecule has 0 saturated carbocycles. The Morgan fingerprint density at radius 2 is 1.35 bits per heavy atom. The Kier molecular flexibility index (Phi) is 3.14. The zero-order valence-corrected chi connectivity index (χ0v) is 8.93. The average molecular weight is 232 g/mol. The van der Waals surface area contributed by atoms with Crippen LogP contribution in [0.15, 0.2) is 49.1 Å². The van der Waals surface area contributed by atoms with Gasteiger partial charge in [0, 0.05) is 30.4 Å². The summed E-state index contributed by atoms with van der Waals surface area (Å²) in [5, 5.41) is 29.9. The van der Waals surface area contributed by atoms with E-state index in [1.807, 2.05) is 0 Å². The summed E-state index contributed by atoms with van der Waals surface area (Å²) in [5.41, 5.74) is 0.554. The van der Waals surface area contributed by atoms with Gasteiger partial charge in [-0.1, -0.05) is 0 Å². The molecule has 0 radical (unpaired) electrons. The van der Waals surface area contributed by atoms with Gasteiger partial charge in [-0.15, -0.1) is 0 Å². The van der Waals surface area contributed by atoms with Gasteiger partial charge >= 0.3 is 0 Å². The van der Waals surface area contributed by atoms with Crippen LogP contribution >= 0.6 is 0 Å². The number of aromatic nitrogens is 2. The molecule has 3 N–H and O–H groups in total. The van der Waals surface area contributed by atoms with E-state index in [0.717, 1.165) is 0 Å². The fourth-order valence-corrected chi connectivity index (χ4v) is 1.53. The Balaban J connectivity index is 2.33. The van der Waals surface area contributed by atoms with E-state index in [1.165, 1.54) is 49.1 Å². The molecule has 2 rings (SSSR count). The Labute approximate surface area is 98.0 Å². The van der Waals surface area contributed by atoms with Crippen molar-refractivity contribution in [3.8, 4) is 0 Å². The van der Waals surface area contributed by atoms with Gasteiger partial charge in [-0.2, -0.15) is 0 Å². The highest BCUT2D eigenvalue weighted by Crippen LogP contribution is 2.31. The van der Waals surface area contributed by atoms with Gasteiger partial charge < -0.3 is 15.3 Å². The van der Waals surface area contributed by atoms with E-state index in [-0.39, 0.29) is 5.56 Å². The van der Waals surface area contributed by atoms with Crippen molar-refractivity contribution in [3.05, 3.63) is 60.2 Å². The third-order valence-corrected chi connectivity index (χ3v) is 2.51. The summed E-state index contributed by atoms with van der Waals surface area (Å²) in [5.74, 6) is -2.36. The van der Waals surface area contributed by atoms with Crippen LogP contribution < -0.4 is 0 Å². The van der Waals surface area contributed by atoms with Crippen LogP contribution in [0.4, 0.5) is 0 Å². The van der Waals surface area contributed by atoms with Gasteiger partial charge in [0.25, 0.3) is 0 Å². The molecule has 2 aromatic heterocycles. The molecule has 0 amide bonds. The van der Waals surface area contributed by atoms with Gasteiger partial charge in [-0.3, -0.25) is 9.97 Å². The van der Waals surface area contributed by atoms with Crippen LogP contribution in [0.25, 0.3) is 0 Å². The van der Waals surface area contributed by atoms with Crippen molar-refractivity contribution < 1.29 is 15.3 Å². The molecule has 17 heavy (non-hydrogen) atoms. The Morgan fingerprint density at radius 3 is 1.88 bits per heavy atom. The van der Waals surface area contributed by atoms with Crippen LogP contribution in [-0.2, 0) is 5.79 Å². The predicted octanol–water partition coefficient (Wildman–Crippen LogP) is 0.348. The van der Waals surface area contributed by atoms with E-state index in [0.29, 0.717) is 5.56 Å². The molecular formula is C12H12N2O3. The molecule has 88 valence electrons. The maximum atomic E-state index is 9.97. The Bertz CT molecular complexity index is 474. The van der Waals surface area contributed by atoms with Gasteiger partial charge in [-0.25, -0.2) is 0 Å². The van der Waals surface area contributed by atoms with Crippen LogP contribution in [0, 0.1) is 0 Å². The van der Waals surface area contributed by atoms with Gasteiger partial charge in [0.05, 0.1) is 0 Å². The van der Waals surface area contributed by atoms with E-state index in [2.05, 4.69) is 9.97 Å². The molecule has 2 aromatic rings. The maximum Gasteiger partial charge on any atom is 0.221 e. The van der Waals surface area contributed by atoms with Crippen LogP contribution in [0.1, 0.15) is 17.2 Å². The van der Waals surface area contributed by atoms with Crippen molar-refractivity contribution in [2.75, 3.05) is 0 Å². The normalized spacial score (nSPS) is 13.4. The monoisotopic (exact) mass is 232 g/mol. The van der Waals surface area contributed by atoms with E-state index >= 15 is 0 Å². The number of aliphatic hydroxyl groups is 3. The second-order valence-corrected chi connectivity index (χ2v) is 3.65. The summed E-state index contributed by atoms with van der Waals surface area (Å²) < 4.78 is 0. The fraction of sp³-hybridized carbons (Fsp3) is 0.167. The lowest BCUT2D eigenvalue weighted by molar-refractivity contribution is -0.237. The molecule has 0 fully saturated rings. The molecule has 0 unspecified atom stereocenters. The second-order valence-electron chi connectivity index (χ2n) is 3.65. The first-order valence-electron chi connectivity index (χ1n) is 5.05. The zero-order valence-electron chi connectivity index (χ0n) is 8.93.